The van der Waals surface area contributed by atoms with Crippen molar-refractivity contribution in [2.24, 2.45) is 0 Å². The Balaban J connectivity index is 1.58. The first-order chi connectivity index (χ1) is 15.8. The molecule has 33 heavy (non-hydrogen) atoms. The molecule has 3 rings (SSSR count). The number of H-pyrrole nitrogens is 1. The van der Waals surface area contributed by atoms with Crippen molar-refractivity contribution in [2.45, 2.75) is 45.2 Å². The van der Waals surface area contributed by atoms with Gasteiger partial charge < -0.3 is 5.32 Å². The van der Waals surface area contributed by atoms with Gasteiger partial charge in [-0.2, -0.15) is 9.40 Å². The van der Waals surface area contributed by atoms with E-state index in [0.29, 0.717) is 36.8 Å². The number of aromatic nitrogens is 3. The first kappa shape index (κ1) is 24.8. The van der Waals surface area contributed by atoms with Crippen LogP contribution in [0.2, 0.25) is 0 Å². The van der Waals surface area contributed by atoms with Crippen LogP contribution in [0.15, 0.2) is 53.4 Å². The van der Waals surface area contributed by atoms with E-state index in [-0.39, 0.29) is 17.2 Å². The number of amides is 1. The molecule has 2 aromatic carbocycles. The number of rotatable bonds is 10. The lowest BCUT2D eigenvalue weighted by atomic mass is 10.1. The fourth-order valence-corrected chi connectivity index (χ4v) is 5.12. The fraction of sp³-hybridized carbons (Fsp3) is 0.348. The van der Waals surface area contributed by atoms with Crippen LogP contribution in [-0.4, -0.2) is 46.5 Å². The number of sulfonamides is 1. The van der Waals surface area contributed by atoms with Crippen LogP contribution in [0.1, 0.15) is 31.4 Å². The number of nitrogens with zero attached hydrogens (tertiary/aromatic N) is 3. The first-order valence-electron chi connectivity index (χ1n) is 10.8. The second kappa shape index (κ2) is 10.9. The molecule has 0 unspecified atom stereocenters. The van der Waals surface area contributed by atoms with Gasteiger partial charge in [0.25, 0.3) is 0 Å². The number of aryl methyl sites for hydroxylation is 1. The molecule has 0 aliphatic rings. The number of nitrogens with one attached hydrogen (secondary N) is 2. The van der Waals surface area contributed by atoms with E-state index in [0.717, 1.165) is 16.7 Å². The third-order valence-electron chi connectivity index (χ3n) is 5.39. The molecule has 0 atom stereocenters. The highest BCUT2D eigenvalue weighted by Crippen LogP contribution is 2.19. The van der Waals surface area contributed by atoms with Gasteiger partial charge in [0.1, 0.15) is 0 Å². The van der Waals surface area contributed by atoms with Gasteiger partial charge in [0.05, 0.1) is 4.90 Å². The predicted molar refractivity (Wildman–Crippen MR) is 131 cm³/mol. The summed E-state index contributed by atoms with van der Waals surface area (Å²) in [6.45, 7) is 7.18. The van der Waals surface area contributed by atoms with Gasteiger partial charge in [-0.25, -0.2) is 8.42 Å². The van der Waals surface area contributed by atoms with Gasteiger partial charge in [-0.05, 0) is 36.8 Å². The van der Waals surface area contributed by atoms with Crippen molar-refractivity contribution in [1.82, 2.24) is 24.4 Å². The van der Waals surface area contributed by atoms with E-state index in [1.54, 1.807) is 24.3 Å². The van der Waals surface area contributed by atoms with Gasteiger partial charge in [0.2, 0.25) is 15.9 Å². The summed E-state index contributed by atoms with van der Waals surface area (Å²) in [7, 11) is -3.49. The summed E-state index contributed by atoms with van der Waals surface area (Å²) >= 11 is 5.33. The summed E-state index contributed by atoms with van der Waals surface area (Å²) in [5.74, 6) is 0.561. The molecule has 1 heterocycles. The Kier molecular flexibility index (Phi) is 8.17. The van der Waals surface area contributed by atoms with E-state index in [4.69, 9.17) is 12.2 Å². The summed E-state index contributed by atoms with van der Waals surface area (Å²) in [4.78, 5) is 12.7. The van der Waals surface area contributed by atoms with Crippen LogP contribution in [-0.2, 0) is 27.9 Å². The standard InChI is InChI=1S/C23H29N5O3S2/c1-4-27(5-2)33(30,31)20-12-8-18(9-13-20)16-24-21(29)14-15-28-22(25-26-23(28)32)19-10-6-17(3)7-11-19/h6-13H,4-5,14-16H2,1-3H3,(H,24,29)(H,26,32). The highest BCUT2D eigenvalue weighted by atomic mass is 32.2. The van der Waals surface area contributed by atoms with Crippen molar-refractivity contribution in [1.29, 1.82) is 0 Å². The summed E-state index contributed by atoms with van der Waals surface area (Å²) in [6.07, 6.45) is 0.237. The van der Waals surface area contributed by atoms with Crippen LogP contribution in [0, 0.1) is 11.7 Å². The first-order valence-corrected chi connectivity index (χ1v) is 12.7. The van der Waals surface area contributed by atoms with Crippen LogP contribution >= 0.6 is 12.2 Å². The van der Waals surface area contributed by atoms with Crippen molar-refractivity contribution in [2.75, 3.05) is 13.1 Å². The van der Waals surface area contributed by atoms with Gasteiger partial charge >= 0.3 is 0 Å². The molecule has 0 saturated heterocycles. The van der Waals surface area contributed by atoms with Crippen LogP contribution in [0.3, 0.4) is 0 Å². The van der Waals surface area contributed by atoms with E-state index in [1.807, 2.05) is 49.6 Å². The Hall–Kier alpha value is -2.82. The Morgan fingerprint density at radius 1 is 1.09 bits per heavy atom. The van der Waals surface area contributed by atoms with E-state index in [2.05, 4.69) is 15.5 Å². The quantitative estimate of drug-likeness (QED) is 0.425. The van der Waals surface area contributed by atoms with Gasteiger partial charge in [-0.15, -0.1) is 0 Å². The zero-order valence-corrected chi connectivity index (χ0v) is 20.7. The zero-order chi connectivity index (χ0) is 24.0. The van der Waals surface area contributed by atoms with Crippen molar-refractivity contribution < 1.29 is 13.2 Å². The monoisotopic (exact) mass is 487 g/mol. The summed E-state index contributed by atoms with van der Waals surface area (Å²) in [5.41, 5.74) is 2.90. The van der Waals surface area contributed by atoms with Crippen LogP contribution in [0.4, 0.5) is 0 Å². The molecule has 0 aliphatic heterocycles. The molecule has 8 nitrogen and oxygen atoms in total. The van der Waals surface area contributed by atoms with Gasteiger partial charge in [0.15, 0.2) is 10.6 Å². The smallest absolute Gasteiger partial charge is 0.243 e. The number of hydrogen-bond acceptors (Lipinski definition) is 5. The molecule has 0 bridgehead atoms. The summed E-state index contributed by atoms with van der Waals surface area (Å²) in [5, 5.41) is 9.97. The van der Waals surface area contributed by atoms with E-state index in [1.165, 1.54) is 4.31 Å². The SMILES string of the molecule is CCN(CC)S(=O)(=O)c1ccc(CNC(=O)CCn2c(-c3ccc(C)cc3)n[nH]c2=S)cc1. The van der Waals surface area contributed by atoms with E-state index in [9.17, 15) is 13.2 Å². The largest absolute Gasteiger partial charge is 0.352 e. The number of hydrogen-bond donors (Lipinski definition) is 2. The molecule has 0 spiro atoms. The second-order valence-corrected chi connectivity index (χ2v) is 9.95. The highest BCUT2D eigenvalue weighted by Gasteiger charge is 2.21. The van der Waals surface area contributed by atoms with Crippen molar-refractivity contribution in [3.8, 4) is 11.4 Å². The average Bonchev–Trinajstić information content (AvgIpc) is 3.18. The molecule has 1 aromatic heterocycles. The minimum Gasteiger partial charge on any atom is -0.352 e. The van der Waals surface area contributed by atoms with Crippen LogP contribution in [0.25, 0.3) is 11.4 Å². The zero-order valence-electron chi connectivity index (χ0n) is 19.0. The topological polar surface area (TPSA) is 100 Å². The Labute approximate surface area is 199 Å². The van der Waals surface area contributed by atoms with Gasteiger partial charge in [-0.3, -0.25) is 14.5 Å². The third-order valence-corrected chi connectivity index (χ3v) is 7.76. The summed E-state index contributed by atoms with van der Waals surface area (Å²) in [6, 6.07) is 14.5. The maximum Gasteiger partial charge on any atom is 0.243 e. The Morgan fingerprint density at radius 2 is 1.73 bits per heavy atom. The van der Waals surface area contributed by atoms with Crippen molar-refractivity contribution >= 4 is 28.1 Å². The van der Waals surface area contributed by atoms with Gasteiger partial charge in [0, 0.05) is 38.2 Å². The Bertz CT molecular complexity index is 1240. The van der Waals surface area contributed by atoms with Crippen LogP contribution in [0.5, 0.6) is 0 Å². The van der Waals surface area contributed by atoms with Crippen molar-refractivity contribution in [3.63, 3.8) is 0 Å². The maximum absolute atomic E-state index is 12.6. The van der Waals surface area contributed by atoms with E-state index < -0.39 is 10.0 Å². The summed E-state index contributed by atoms with van der Waals surface area (Å²) < 4.78 is 28.8. The molecule has 0 radical (unpaired) electrons. The average molecular weight is 488 g/mol. The lowest BCUT2D eigenvalue weighted by Gasteiger charge is -2.18. The fourth-order valence-electron chi connectivity index (χ4n) is 3.44. The molecule has 1 amide bonds. The van der Waals surface area contributed by atoms with Gasteiger partial charge in [-0.1, -0.05) is 55.8 Å². The minimum atomic E-state index is -3.49. The molecular formula is C23H29N5O3S2. The molecule has 0 fully saturated rings. The lowest BCUT2D eigenvalue weighted by molar-refractivity contribution is -0.121. The lowest BCUT2D eigenvalue weighted by Crippen LogP contribution is -2.30. The van der Waals surface area contributed by atoms with Crippen LogP contribution < -0.4 is 5.32 Å². The normalized spacial score (nSPS) is 11.6. The Morgan fingerprint density at radius 3 is 2.33 bits per heavy atom. The number of aromatic amines is 1. The molecule has 176 valence electrons. The molecule has 2 N–H and O–H groups in total. The second-order valence-electron chi connectivity index (χ2n) is 7.63. The highest BCUT2D eigenvalue weighted by molar-refractivity contribution is 7.89. The predicted octanol–water partition coefficient (Wildman–Crippen LogP) is 3.65. The van der Waals surface area contributed by atoms with Crippen molar-refractivity contribution in [3.05, 3.63) is 64.4 Å². The van der Waals surface area contributed by atoms with E-state index >= 15 is 0 Å². The molecule has 3 aromatic rings. The molecule has 0 aliphatic carbocycles. The molecule has 10 heteroatoms. The number of benzene rings is 2. The third kappa shape index (κ3) is 5.95. The molecule has 0 saturated carbocycles. The minimum absolute atomic E-state index is 0.132. The molecular weight excluding hydrogens is 458 g/mol. The number of carbonyl (C=O) groups is 1. The maximum atomic E-state index is 12.6. The number of carbonyl (C=O) groups excluding carboxylic acids is 1.